The van der Waals surface area contributed by atoms with Gasteiger partial charge in [0.1, 0.15) is 5.75 Å². The van der Waals surface area contributed by atoms with E-state index >= 15 is 0 Å². The molecule has 1 N–H and O–H groups in total. The lowest BCUT2D eigenvalue weighted by atomic mass is 10.1. The molecule has 1 amide bonds. The second-order valence-electron chi connectivity index (χ2n) is 6.18. The molecule has 7 heteroatoms. The van der Waals surface area contributed by atoms with Gasteiger partial charge in [-0.3, -0.25) is 14.4 Å². The first-order valence-corrected chi connectivity index (χ1v) is 9.15. The first-order valence-electron chi connectivity index (χ1n) is 8.78. The van der Waals surface area contributed by atoms with Gasteiger partial charge in [0.25, 0.3) is 0 Å². The highest BCUT2D eigenvalue weighted by molar-refractivity contribution is 6.31. The first-order chi connectivity index (χ1) is 13.4. The molecule has 0 saturated heterocycles. The molecular formula is C21H22ClNO5. The molecular weight excluding hydrogens is 382 g/mol. The van der Waals surface area contributed by atoms with Crippen LogP contribution in [0.4, 0.5) is 5.69 Å². The third-order valence-corrected chi connectivity index (χ3v) is 4.40. The molecule has 148 valence electrons. The minimum absolute atomic E-state index is 0.0491. The summed E-state index contributed by atoms with van der Waals surface area (Å²) in [6.45, 7) is 1.53. The minimum Gasteiger partial charge on any atom is -0.497 e. The number of anilines is 1. The summed E-state index contributed by atoms with van der Waals surface area (Å²) in [6, 6.07) is 11.9. The van der Waals surface area contributed by atoms with Gasteiger partial charge in [-0.2, -0.15) is 0 Å². The fraction of sp³-hybridized carbons (Fsp3) is 0.286. The lowest BCUT2D eigenvalue weighted by molar-refractivity contribution is -0.142. The van der Waals surface area contributed by atoms with E-state index in [0.29, 0.717) is 28.4 Å². The number of esters is 1. The third-order valence-electron chi connectivity index (χ3n) is 4.00. The Morgan fingerprint density at radius 2 is 1.86 bits per heavy atom. The number of aryl methyl sites for hydroxylation is 1. The highest BCUT2D eigenvalue weighted by Crippen LogP contribution is 2.20. The van der Waals surface area contributed by atoms with Crippen LogP contribution >= 0.6 is 11.6 Å². The Bertz CT molecular complexity index is 866. The van der Waals surface area contributed by atoms with E-state index < -0.39 is 5.97 Å². The fourth-order valence-corrected chi connectivity index (χ4v) is 2.57. The average Bonchev–Trinajstić information content (AvgIpc) is 2.69. The summed E-state index contributed by atoms with van der Waals surface area (Å²) in [5.74, 6) is -0.512. The number of carbonyl (C=O) groups is 3. The van der Waals surface area contributed by atoms with Crippen molar-refractivity contribution in [3.05, 3.63) is 58.6 Å². The van der Waals surface area contributed by atoms with Gasteiger partial charge < -0.3 is 14.8 Å². The van der Waals surface area contributed by atoms with E-state index in [4.69, 9.17) is 21.1 Å². The zero-order valence-electron chi connectivity index (χ0n) is 15.8. The van der Waals surface area contributed by atoms with Crippen LogP contribution in [0.2, 0.25) is 5.02 Å². The van der Waals surface area contributed by atoms with Crippen molar-refractivity contribution in [3.8, 4) is 5.75 Å². The number of carbonyl (C=O) groups excluding carboxylic acids is 3. The Hall–Kier alpha value is -2.86. The van der Waals surface area contributed by atoms with E-state index in [1.165, 1.54) is 7.11 Å². The molecule has 0 aliphatic heterocycles. The van der Waals surface area contributed by atoms with Gasteiger partial charge in [0.2, 0.25) is 5.91 Å². The van der Waals surface area contributed by atoms with E-state index in [-0.39, 0.29) is 31.1 Å². The molecule has 0 fully saturated rings. The smallest absolute Gasteiger partial charge is 0.306 e. The summed E-state index contributed by atoms with van der Waals surface area (Å²) >= 11 is 6.02. The standard InChI is InChI=1S/C21H22ClNO5/c1-14-9-10-16(12-18(14)22)23-20(25)7-4-8-21(26)28-13-19(24)15-5-3-6-17(11-15)27-2/h3,5-6,9-12H,4,7-8,13H2,1-2H3,(H,23,25). The van der Waals surface area contributed by atoms with Gasteiger partial charge in [0.15, 0.2) is 12.4 Å². The van der Waals surface area contributed by atoms with E-state index in [1.807, 2.05) is 13.0 Å². The van der Waals surface area contributed by atoms with Crippen LogP contribution in [0.15, 0.2) is 42.5 Å². The molecule has 6 nitrogen and oxygen atoms in total. The molecule has 2 aromatic rings. The Morgan fingerprint density at radius 1 is 1.07 bits per heavy atom. The van der Waals surface area contributed by atoms with Crippen LogP contribution in [0.3, 0.4) is 0 Å². The van der Waals surface area contributed by atoms with Crippen LogP contribution in [0.25, 0.3) is 0 Å². The number of hydrogen-bond donors (Lipinski definition) is 1. The molecule has 28 heavy (non-hydrogen) atoms. The maximum Gasteiger partial charge on any atom is 0.306 e. The molecule has 0 saturated carbocycles. The van der Waals surface area contributed by atoms with Gasteiger partial charge in [0.05, 0.1) is 7.11 Å². The predicted octanol–water partition coefficient (Wildman–Crippen LogP) is 4.19. The maximum absolute atomic E-state index is 12.0. The summed E-state index contributed by atoms with van der Waals surface area (Å²) < 4.78 is 10.0. The van der Waals surface area contributed by atoms with Crippen molar-refractivity contribution in [2.24, 2.45) is 0 Å². The van der Waals surface area contributed by atoms with Gasteiger partial charge in [0, 0.05) is 29.1 Å². The summed E-state index contributed by atoms with van der Waals surface area (Å²) in [5.41, 5.74) is 1.93. The van der Waals surface area contributed by atoms with Crippen molar-refractivity contribution >= 4 is 34.9 Å². The number of benzene rings is 2. The van der Waals surface area contributed by atoms with Gasteiger partial charge in [-0.05, 0) is 43.2 Å². The molecule has 2 rings (SSSR count). The van der Waals surface area contributed by atoms with Crippen molar-refractivity contribution in [2.75, 3.05) is 19.0 Å². The lowest BCUT2D eigenvalue weighted by Crippen LogP contribution is -2.15. The Morgan fingerprint density at radius 3 is 2.57 bits per heavy atom. The summed E-state index contributed by atoms with van der Waals surface area (Å²) in [7, 11) is 1.51. The minimum atomic E-state index is -0.526. The number of halogens is 1. The quantitative estimate of drug-likeness (QED) is 0.501. The second kappa shape index (κ2) is 10.5. The number of rotatable bonds is 9. The number of ether oxygens (including phenoxy) is 2. The highest BCUT2D eigenvalue weighted by atomic mass is 35.5. The average molecular weight is 404 g/mol. The second-order valence-corrected chi connectivity index (χ2v) is 6.59. The Kier molecular flexibility index (Phi) is 8.02. The monoisotopic (exact) mass is 403 g/mol. The molecule has 0 atom stereocenters. The van der Waals surface area contributed by atoms with Gasteiger partial charge in [-0.25, -0.2) is 0 Å². The maximum atomic E-state index is 12.0. The van der Waals surface area contributed by atoms with E-state index in [2.05, 4.69) is 5.32 Å². The molecule has 0 unspecified atom stereocenters. The predicted molar refractivity (Wildman–Crippen MR) is 107 cm³/mol. The zero-order chi connectivity index (χ0) is 20.5. The van der Waals surface area contributed by atoms with Gasteiger partial charge in [-0.15, -0.1) is 0 Å². The third kappa shape index (κ3) is 6.70. The molecule has 0 spiro atoms. The topological polar surface area (TPSA) is 81.7 Å². The van der Waals surface area contributed by atoms with Crippen LogP contribution in [-0.4, -0.2) is 31.4 Å². The largest absolute Gasteiger partial charge is 0.497 e. The van der Waals surface area contributed by atoms with Crippen LogP contribution in [0.5, 0.6) is 5.75 Å². The molecule has 0 aliphatic carbocycles. The molecule has 0 bridgehead atoms. The van der Waals surface area contributed by atoms with Gasteiger partial charge >= 0.3 is 5.97 Å². The Labute approximate surface area is 168 Å². The van der Waals surface area contributed by atoms with Crippen molar-refractivity contribution in [2.45, 2.75) is 26.2 Å². The number of amides is 1. The zero-order valence-corrected chi connectivity index (χ0v) is 16.5. The Balaban J connectivity index is 1.69. The highest BCUT2D eigenvalue weighted by Gasteiger charge is 2.12. The molecule has 0 radical (unpaired) electrons. The molecule has 0 aliphatic rings. The van der Waals surface area contributed by atoms with Crippen LogP contribution in [0.1, 0.15) is 35.2 Å². The van der Waals surface area contributed by atoms with E-state index in [9.17, 15) is 14.4 Å². The number of nitrogens with one attached hydrogen (secondary N) is 1. The normalized spacial score (nSPS) is 10.2. The van der Waals surface area contributed by atoms with Crippen molar-refractivity contribution in [1.82, 2.24) is 0 Å². The SMILES string of the molecule is COc1cccc(C(=O)COC(=O)CCCC(=O)Nc2ccc(C)c(Cl)c2)c1. The summed E-state index contributed by atoms with van der Waals surface area (Å²) in [5, 5.41) is 3.30. The number of methoxy groups -OCH3 is 1. The van der Waals surface area contributed by atoms with Gasteiger partial charge in [-0.1, -0.05) is 29.8 Å². The fourth-order valence-electron chi connectivity index (χ4n) is 2.39. The number of ketones is 1. The van der Waals surface area contributed by atoms with Crippen molar-refractivity contribution in [3.63, 3.8) is 0 Å². The number of hydrogen-bond acceptors (Lipinski definition) is 5. The molecule has 2 aromatic carbocycles. The van der Waals surface area contributed by atoms with Crippen molar-refractivity contribution in [1.29, 1.82) is 0 Å². The van der Waals surface area contributed by atoms with Crippen LogP contribution in [-0.2, 0) is 14.3 Å². The molecule has 0 heterocycles. The lowest BCUT2D eigenvalue weighted by Gasteiger charge is -2.07. The number of Topliss-reactive ketones (excluding diaryl/α,β-unsaturated/α-hetero) is 1. The van der Waals surface area contributed by atoms with Crippen LogP contribution < -0.4 is 10.1 Å². The van der Waals surface area contributed by atoms with E-state index in [0.717, 1.165) is 5.56 Å². The molecule has 0 aromatic heterocycles. The van der Waals surface area contributed by atoms with E-state index in [1.54, 1.807) is 36.4 Å². The van der Waals surface area contributed by atoms with Crippen molar-refractivity contribution < 1.29 is 23.9 Å². The summed E-state index contributed by atoms with van der Waals surface area (Å²) in [4.78, 5) is 35.8. The van der Waals surface area contributed by atoms with Crippen LogP contribution in [0, 0.1) is 6.92 Å². The summed E-state index contributed by atoms with van der Waals surface area (Å²) in [6.07, 6.45) is 0.523. The first kappa shape index (κ1) is 21.4.